The summed E-state index contributed by atoms with van der Waals surface area (Å²) in [6, 6.07) is 12.1. The minimum absolute atomic E-state index is 0.122. The second-order valence-corrected chi connectivity index (χ2v) is 7.29. The van der Waals surface area contributed by atoms with E-state index in [2.05, 4.69) is 29.5 Å². The van der Waals surface area contributed by atoms with Crippen molar-refractivity contribution in [3.8, 4) is 5.75 Å². The average molecular weight is 369 g/mol. The number of aromatic nitrogens is 1. The molecule has 26 heavy (non-hydrogen) atoms. The Labute approximate surface area is 157 Å². The minimum atomic E-state index is -0.122. The molecule has 136 valence electrons. The molecule has 0 aliphatic heterocycles. The molecule has 0 atom stereocenters. The highest BCUT2D eigenvalue weighted by Crippen LogP contribution is 2.27. The molecular formula is C21H24N2O2S. The largest absolute Gasteiger partial charge is 0.492 e. The number of hydrogen-bond donors (Lipinski definition) is 0. The fourth-order valence-electron chi connectivity index (χ4n) is 3.10. The van der Waals surface area contributed by atoms with Crippen LogP contribution in [-0.4, -0.2) is 17.1 Å². The van der Waals surface area contributed by atoms with Crippen LogP contribution in [0.25, 0.3) is 10.2 Å². The van der Waals surface area contributed by atoms with Crippen molar-refractivity contribution in [1.82, 2.24) is 4.57 Å². The molecule has 3 rings (SSSR count). The maximum absolute atomic E-state index is 12.6. The van der Waals surface area contributed by atoms with Gasteiger partial charge >= 0.3 is 0 Å². The number of nitrogens with zero attached hydrogens (tertiary/aromatic N) is 2. The second-order valence-electron chi connectivity index (χ2n) is 6.28. The number of aryl methyl sites for hydroxylation is 3. The lowest BCUT2D eigenvalue weighted by atomic mass is 10.0. The SMILES string of the molecule is CCOc1cccc2sc(=NC(=O)Cc3ccc(C)cc3C)n(CC)c12. The van der Waals surface area contributed by atoms with E-state index in [0.29, 0.717) is 13.0 Å². The molecule has 0 saturated heterocycles. The molecule has 0 bridgehead atoms. The maximum atomic E-state index is 12.6. The zero-order valence-corrected chi connectivity index (χ0v) is 16.5. The summed E-state index contributed by atoms with van der Waals surface area (Å²) >= 11 is 1.53. The molecule has 0 aliphatic rings. The van der Waals surface area contributed by atoms with Crippen LogP contribution in [0.5, 0.6) is 5.75 Å². The molecule has 1 aromatic heterocycles. The van der Waals surface area contributed by atoms with Gasteiger partial charge in [-0.25, -0.2) is 0 Å². The predicted molar refractivity (Wildman–Crippen MR) is 107 cm³/mol. The van der Waals surface area contributed by atoms with E-state index < -0.39 is 0 Å². The first-order chi connectivity index (χ1) is 12.5. The molecule has 3 aromatic rings. The van der Waals surface area contributed by atoms with Gasteiger partial charge in [0.1, 0.15) is 11.3 Å². The first-order valence-corrected chi connectivity index (χ1v) is 9.74. The van der Waals surface area contributed by atoms with E-state index in [1.54, 1.807) is 0 Å². The Bertz CT molecular complexity index is 1010. The average Bonchev–Trinajstić information content (AvgIpc) is 2.95. The third-order valence-electron chi connectivity index (χ3n) is 4.34. The van der Waals surface area contributed by atoms with Crippen LogP contribution in [-0.2, 0) is 17.8 Å². The third-order valence-corrected chi connectivity index (χ3v) is 5.38. The Morgan fingerprint density at radius 1 is 1.19 bits per heavy atom. The molecule has 0 fully saturated rings. The van der Waals surface area contributed by atoms with Gasteiger partial charge in [0.2, 0.25) is 0 Å². The quantitative estimate of drug-likeness (QED) is 0.669. The summed E-state index contributed by atoms with van der Waals surface area (Å²) in [5, 5.41) is 0. The number of fused-ring (bicyclic) bond motifs is 1. The van der Waals surface area contributed by atoms with Crippen LogP contribution in [0.4, 0.5) is 0 Å². The molecule has 2 aromatic carbocycles. The molecule has 1 heterocycles. The molecule has 0 radical (unpaired) electrons. The number of rotatable bonds is 5. The standard InChI is InChI=1S/C21H24N2O2S/c1-5-23-20-17(25-6-2)8-7-9-18(20)26-21(23)22-19(24)13-16-11-10-14(3)12-15(16)4/h7-12H,5-6,13H2,1-4H3. The fraction of sp³-hybridized carbons (Fsp3) is 0.333. The summed E-state index contributed by atoms with van der Waals surface area (Å²) in [7, 11) is 0. The monoisotopic (exact) mass is 368 g/mol. The zero-order valence-electron chi connectivity index (χ0n) is 15.7. The van der Waals surface area contributed by atoms with Crippen molar-refractivity contribution >= 4 is 27.5 Å². The van der Waals surface area contributed by atoms with Crippen molar-refractivity contribution in [3.63, 3.8) is 0 Å². The maximum Gasteiger partial charge on any atom is 0.252 e. The van der Waals surface area contributed by atoms with E-state index in [1.165, 1.54) is 16.9 Å². The number of carbonyl (C=O) groups excluding carboxylic acids is 1. The normalized spacial score (nSPS) is 11.9. The van der Waals surface area contributed by atoms with Gasteiger partial charge in [0, 0.05) is 6.54 Å². The van der Waals surface area contributed by atoms with Gasteiger partial charge in [0.25, 0.3) is 5.91 Å². The van der Waals surface area contributed by atoms with E-state index in [9.17, 15) is 4.79 Å². The number of ether oxygens (including phenoxy) is 1. The Morgan fingerprint density at radius 3 is 2.69 bits per heavy atom. The van der Waals surface area contributed by atoms with Gasteiger partial charge in [-0.2, -0.15) is 4.99 Å². The van der Waals surface area contributed by atoms with Crippen LogP contribution in [0.1, 0.15) is 30.5 Å². The lowest BCUT2D eigenvalue weighted by molar-refractivity contribution is -0.117. The summed E-state index contributed by atoms with van der Waals surface area (Å²) < 4.78 is 8.90. The van der Waals surface area contributed by atoms with E-state index >= 15 is 0 Å². The van der Waals surface area contributed by atoms with Crippen LogP contribution in [0, 0.1) is 13.8 Å². The van der Waals surface area contributed by atoms with Gasteiger partial charge in [-0.05, 0) is 51.0 Å². The first kappa shape index (κ1) is 18.4. The van der Waals surface area contributed by atoms with Gasteiger partial charge in [-0.3, -0.25) is 4.79 Å². The van der Waals surface area contributed by atoms with Gasteiger partial charge in [0.15, 0.2) is 4.80 Å². The van der Waals surface area contributed by atoms with E-state index in [1.807, 2.05) is 44.2 Å². The third kappa shape index (κ3) is 3.73. The fourth-order valence-corrected chi connectivity index (χ4v) is 4.23. The molecule has 0 saturated carbocycles. The predicted octanol–water partition coefficient (Wildman–Crippen LogP) is 4.41. The van der Waals surface area contributed by atoms with Crippen molar-refractivity contribution in [3.05, 3.63) is 57.9 Å². The molecule has 0 N–H and O–H groups in total. The summed E-state index contributed by atoms with van der Waals surface area (Å²) in [5.74, 6) is 0.718. The van der Waals surface area contributed by atoms with Gasteiger partial charge in [-0.15, -0.1) is 0 Å². The Hall–Kier alpha value is -2.40. The van der Waals surface area contributed by atoms with Crippen LogP contribution < -0.4 is 9.54 Å². The smallest absolute Gasteiger partial charge is 0.252 e. The van der Waals surface area contributed by atoms with Crippen LogP contribution in [0.15, 0.2) is 41.4 Å². The van der Waals surface area contributed by atoms with Crippen molar-refractivity contribution in [2.45, 2.75) is 40.7 Å². The van der Waals surface area contributed by atoms with Crippen molar-refractivity contribution < 1.29 is 9.53 Å². The second kappa shape index (κ2) is 7.87. The van der Waals surface area contributed by atoms with Gasteiger partial charge in [0.05, 0.1) is 17.7 Å². The summed E-state index contributed by atoms with van der Waals surface area (Å²) in [4.78, 5) is 17.7. The van der Waals surface area contributed by atoms with Crippen molar-refractivity contribution in [2.75, 3.05) is 6.61 Å². The van der Waals surface area contributed by atoms with Crippen molar-refractivity contribution in [2.24, 2.45) is 4.99 Å². The minimum Gasteiger partial charge on any atom is -0.492 e. The molecule has 1 amide bonds. The highest BCUT2D eigenvalue weighted by molar-refractivity contribution is 7.16. The molecule has 0 unspecified atom stereocenters. The highest BCUT2D eigenvalue weighted by atomic mass is 32.1. The first-order valence-electron chi connectivity index (χ1n) is 8.92. The molecular weight excluding hydrogens is 344 g/mol. The Balaban J connectivity index is 2.01. The number of hydrogen-bond acceptors (Lipinski definition) is 3. The van der Waals surface area contributed by atoms with Crippen LogP contribution in [0.3, 0.4) is 0 Å². The van der Waals surface area contributed by atoms with Crippen LogP contribution in [0.2, 0.25) is 0 Å². The summed E-state index contributed by atoms with van der Waals surface area (Å²) in [6.07, 6.45) is 0.322. The van der Waals surface area contributed by atoms with E-state index in [4.69, 9.17) is 4.74 Å². The van der Waals surface area contributed by atoms with Gasteiger partial charge in [-0.1, -0.05) is 41.2 Å². The number of para-hydroxylation sites is 1. The number of carbonyl (C=O) groups is 1. The van der Waals surface area contributed by atoms with Crippen LogP contribution >= 0.6 is 11.3 Å². The molecule has 0 spiro atoms. The highest BCUT2D eigenvalue weighted by Gasteiger charge is 2.12. The molecule has 5 heteroatoms. The zero-order chi connectivity index (χ0) is 18.7. The Kier molecular flexibility index (Phi) is 5.57. The number of benzene rings is 2. The Morgan fingerprint density at radius 2 is 2.00 bits per heavy atom. The topological polar surface area (TPSA) is 43.6 Å². The molecule has 4 nitrogen and oxygen atoms in total. The van der Waals surface area contributed by atoms with Gasteiger partial charge < -0.3 is 9.30 Å². The lowest BCUT2D eigenvalue weighted by Crippen LogP contribution is -2.17. The number of thiazole rings is 1. The number of amides is 1. The van der Waals surface area contributed by atoms with E-state index in [-0.39, 0.29) is 5.91 Å². The summed E-state index contributed by atoms with van der Waals surface area (Å²) in [5.41, 5.74) is 4.38. The lowest BCUT2D eigenvalue weighted by Gasteiger charge is -2.07. The molecule has 0 aliphatic carbocycles. The summed E-state index contributed by atoms with van der Waals surface area (Å²) in [6.45, 7) is 9.47. The van der Waals surface area contributed by atoms with Crippen molar-refractivity contribution in [1.29, 1.82) is 0 Å². The van der Waals surface area contributed by atoms with E-state index in [0.717, 1.165) is 38.4 Å².